The maximum atomic E-state index is 12.9. The molecule has 2 aromatic heterocycles. The number of nitrogens with zero attached hydrogens (tertiary/aromatic N) is 4. The second-order valence-corrected chi connectivity index (χ2v) is 8.63. The predicted octanol–water partition coefficient (Wildman–Crippen LogP) is 4.18. The number of aryl methyl sites for hydroxylation is 1. The lowest BCUT2D eigenvalue weighted by molar-refractivity contribution is 0.0747. The van der Waals surface area contributed by atoms with Crippen LogP contribution in [0.15, 0.2) is 41.9 Å². The first-order valence-electron chi connectivity index (χ1n) is 8.93. The van der Waals surface area contributed by atoms with Crippen LogP contribution in [0.1, 0.15) is 15.9 Å². The highest BCUT2D eigenvalue weighted by Crippen LogP contribution is 2.31. The van der Waals surface area contributed by atoms with Gasteiger partial charge in [-0.05, 0) is 36.8 Å². The standard InChI is InChI=1S/C20H18N4OS2/c1-13-3-2-4-16-18(13)22-20(27-16)24-9-7-23(8-10-24)19(25)14-5-6-15-17(11-14)26-12-21-15/h2-6,11-12H,7-10H2,1H3. The molecule has 0 saturated carbocycles. The van der Waals surface area contributed by atoms with Crippen LogP contribution in [0.5, 0.6) is 0 Å². The van der Waals surface area contributed by atoms with Crippen LogP contribution in [0.3, 0.4) is 0 Å². The monoisotopic (exact) mass is 394 g/mol. The zero-order chi connectivity index (χ0) is 18.4. The number of fused-ring (bicyclic) bond motifs is 2. The molecule has 1 amide bonds. The molecule has 0 radical (unpaired) electrons. The summed E-state index contributed by atoms with van der Waals surface area (Å²) in [7, 11) is 0. The van der Waals surface area contributed by atoms with Crippen LogP contribution in [-0.4, -0.2) is 47.0 Å². The highest BCUT2D eigenvalue weighted by molar-refractivity contribution is 7.22. The number of para-hydroxylation sites is 1. The van der Waals surface area contributed by atoms with Crippen molar-refractivity contribution in [3.05, 3.63) is 53.0 Å². The van der Waals surface area contributed by atoms with Gasteiger partial charge in [0.1, 0.15) is 0 Å². The van der Waals surface area contributed by atoms with Gasteiger partial charge in [-0.1, -0.05) is 23.5 Å². The molecule has 1 aliphatic heterocycles. The lowest BCUT2D eigenvalue weighted by Crippen LogP contribution is -2.48. The third-order valence-electron chi connectivity index (χ3n) is 5.03. The van der Waals surface area contributed by atoms with Crippen molar-refractivity contribution >= 4 is 54.1 Å². The summed E-state index contributed by atoms with van der Waals surface area (Å²) < 4.78 is 2.28. The number of anilines is 1. The van der Waals surface area contributed by atoms with E-state index < -0.39 is 0 Å². The van der Waals surface area contributed by atoms with Crippen molar-refractivity contribution in [2.45, 2.75) is 6.92 Å². The molecule has 1 fully saturated rings. The molecule has 1 aliphatic rings. The van der Waals surface area contributed by atoms with E-state index in [1.807, 2.05) is 28.6 Å². The summed E-state index contributed by atoms with van der Waals surface area (Å²) in [6.07, 6.45) is 0. The largest absolute Gasteiger partial charge is 0.345 e. The highest BCUT2D eigenvalue weighted by atomic mass is 32.1. The molecule has 0 aliphatic carbocycles. The summed E-state index contributed by atoms with van der Waals surface area (Å²) in [5.41, 5.74) is 5.82. The van der Waals surface area contributed by atoms with E-state index in [-0.39, 0.29) is 5.91 Å². The molecule has 0 unspecified atom stereocenters. The molecule has 4 aromatic rings. The molecular weight excluding hydrogens is 376 g/mol. The van der Waals surface area contributed by atoms with Crippen LogP contribution in [0.2, 0.25) is 0 Å². The van der Waals surface area contributed by atoms with E-state index in [9.17, 15) is 4.79 Å². The lowest BCUT2D eigenvalue weighted by Gasteiger charge is -2.34. The zero-order valence-corrected chi connectivity index (χ0v) is 16.5. The molecule has 136 valence electrons. The SMILES string of the molecule is Cc1cccc2sc(N3CCN(C(=O)c4ccc5ncsc5c4)CC3)nc12. The molecule has 27 heavy (non-hydrogen) atoms. The molecule has 0 bridgehead atoms. The van der Waals surface area contributed by atoms with E-state index in [0.717, 1.165) is 39.5 Å². The molecular formula is C20H18N4OS2. The summed E-state index contributed by atoms with van der Waals surface area (Å²) in [5, 5.41) is 1.05. The number of rotatable bonds is 2. The fourth-order valence-electron chi connectivity index (χ4n) is 3.48. The van der Waals surface area contributed by atoms with Crippen molar-refractivity contribution in [1.29, 1.82) is 0 Å². The van der Waals surface area contributed by atoms with Gasteiger partial charge < -0.3 is 9.80 Å². The normalized spacial score (nSPS) is 15.0. The third-order valence-corrected chi connectivity index (χ3v) is 6.90. The van der Waals surface area contributed by atoms with E-state index in [0.29, 0.717) is 13.1 Å². The Labute approximate surface area is 164 Å². The Morgan fingerprint density at radius 1 is 1.07 bits per heavy atom. The first kappa shape index (κ1) is 16.6. The Morgan fingerprint density at radius 3 is 2.74 bits per heavy atom. The average molecular weight is 395 g/mol. The number of carbonyl (C=O) groups is 1. The minimum Gasteiger partial charge on any atom is -0.345 e. The van der Waals surface area contributed by atoms with E-state index in [2.05, 4.69) is 35.0 Å². The van der Waals surface area contributed by atoms with E-state index in [4.69, 9.17) is 4.98 Å². The van der Waals surface area contributed by atoms with Crippen LogP contribution in [0.4, 0.5) is 5.13 Å². The summed E-state index contributed by atoms with van der Waals surface area (Å²) in [6.45, 7) is 5.16. The zero-order valence-electron chi connectivity index (χ0n) is 14.9. The van der Waals surface area contributed by atoms with Crippen molar-refractivity contribution in [1.82, 2.24) is 14.9 Å². The van der Waals surface area contributed by atoms with Crippen LogP contribution in [0, 0.1) is 6.92 Å². The van der Waals surface area contributed by atoms with Crippen molar-refractivity contribution in [3.8, 4) is 0 Å². The summed E-state index contributed by atoms with van der Waals surface area (Å²) in [5.74, 6) is 0.102. The fraction of sp³-hybridized carbons (Fsp3) is 0.250. The maximum absolute atomic E-state index is 12.9. The van der Waals surface area contributed by atoms with Gasteiger partial charge in [-0.15, -0.1) is 11.3 Å². The molecule has 3 heterocycles. The Bertz CT molecular complexity index is 1140. The number of piperazine rings is 1. The second-order valence-electron chi connectivity index (χ2n) is 6.73. The number of hydrogen-bond acceptors (Lipinski definition) is 6. The number of amides is 1. The molecule has 5 nitrogen and oxygen atoms in total. The molecule has 1 saturated heterocycles. The topological polar surface area (TPSA) is 49.3 Å². The van der Waals surface area contributed by atoms with Gasteiger partial charge in [0.05, 0.1) is 25.9 Å². The summed E-state index contributed by atoms with van der Waals surface area (Å²) >= 11 is 3.30. The highest BCUT2D eigenvalue weighted by Gasteiger charge is 2.24. The van der Waals surface area contributed by atoms with Crippen molar-refractivity contribution < 1.29 is 4.79 Å². The Balaban J connectivity index is 1.31. The van der Waals surface area contributed by atoms with Crippen molar-refractivity contribution in [3.63, 3.8) is 0 Å². The molecule has 0 N–H and O–H groups in total. The Hall–Kier alpha value is -2.51. The third kappa shape index (κ3) is 2.96. The van der Waals surface area contributed by atoms with Crippen LogP contribution >= 0.6 is 22.7 Å². The van der Waals surface area contributed by atoms with Gasteiger partial charge in [-0.2, -0.15) is 0 Å². The summed E-state index contributed by atoms with van der Waals surface area (Å²) in [6, 6.07) is 12.1. The predicted molar refractivity (Wildman–Crippen MR) is 112 cm³/mol. The first-order chi connectivity index (χ1) is 13.2. The van der Waals surface area contributed by atoms with Crippen LogP contribution in [0.25, 0.3) is 20.4 Å². The second kappa shape index (κ2) is 6.58. The number of hydrogen-bond donors (Lipinski definition) is 0. The average Bonchev–Trinajstić information content (AvgIpc) is 3.34. The van der Waals surface area contributed by atoms with E-state index >= 15 is 0 Å². The van der Waals surface area contributed by atoms with Crippen LogP contribution in [-0.2, 0) is 0 Å². The fourth-order valence-corrected chi connectivity index (χ4v) is 5.29. The van der Waals surface area contributed by atoms with Gasteiger partial charge in [0.2, 0.25) is 0 Å². The molecule has 7 heteroatoms. The number of benzene rings is 2. The molecule has 2 aromatic carbocycles. The van der Waals surface area contributed by atoms with Gasteiger partial charge in [0, 0.05) is 31.7 Å². The molecule has 0 spiro atoms. The van der Waals surface area contributed by atoms with Gasteiger partial charge in [0.15, 0.2) is 5.13 Å². The van der Waals surface area contributed by atoms with E-state index in [1.54, 1.807) is 22.7 Å². The Morgan fingerprint density at radius 2 is 1.93 bits per heavy atom. The number of thiazole rings is 2. The van der Waals surface area contributed by atoms with Gasteiger partial charge in [0.25, 0.3) is 5.91 Å². The summed E-state index contributed by atoms with van der Waals surface area (Å²) in [4.78, 5) is 26.2. The van der Waals surface area contributed by atoms with Crippen LogP contribution < -0.4 is 4.90 Å². The molecule has 5 rings (SSSR count). The number of carbonyl (C=O) groups excluding carboxylic acids is 1. The molecule has 0 atom stereocenters. The minimum atomic E-state index is 0.102. The van der Waals surface area contributed by atoms with Crippen molar-refractivity contribution in [2.75, 3.05) is 31.1 Å². The Kier molecular flexibility index (Phi) is 4.06. The van der Waals surface area contributed by atoms with Gasteiger partial charge in [-0.3, -0.25) is 4.79 Å². The van der Waals surface area contributed by atoms with Gasteiger partial charge in [-0.25, -0.2) is 9.97 Å². The first-order valence-corrected chi connectivity index (χ1v) is 10.6. The minimum absolute atomic E-state index is 0.102. The quantitative estimate of drug-likeness (QED) is 0.512. The smallest absolute Gasteiger partial charge is 0.254 e. The van der Waals surface area contributed by atoms with Crippen molar-refractivity contribution in [2.24, 2.45) is 0 Å². The van der Waals surface area contributed by atoms with E-state index in [1.165, 1.54) is 10.3 Å². The lowest BCUT2D eigenvalue weighted by atomic mass is 10.1. The van der Waals surface area contributed by atoms with Gasteiger partial charge >= 0.3 is 0 Å². The number of aromatic nitrogens is 2. The maximum Gasteiger partial charge on any atom is 0.254 e.